The maximum Gasteiger partial charge on any atom is 0.240 e. The topological polar surface area (TPSA) is 69.6 Å². The van der Waals surface area contributed by atoms with Gasteiger partial charge in [0, 0.05) is 25.7 Å². The summed E-state index contributed by atoms with van der Waals surface area (Å²) in [6.07, 6.45) is 0.248. The first kappa shape index (κ1) is 18.6. The second-order valence-electron chi connectivity index (χ2n) is 6.23. The number of aliphatic hydroxyl groups excluding tert-OH is 1. The Morgan fingerprint density at radius 1 is 1.48 bits per heavy atom. The van der Waals surface area contributed by atoms with E-state index < -0.39 is 21.9 Å². The fraction of sp³-hybridized carbons (Fsp3) is 0.600. The van der Waals surface area contributed by atoms with Gasteiger partial charge in [-0.15, -0.1) is 0 Å². The number of halogens is 2. The van der Waals surface area contributed by atoms with Crippen molar-refractivity contribution in [2.24, 2.45) is 5.92 Å². The minimum Gasteiger partial charge on any atom is -0.390 e. The van der Waals surface area contributed by atoms with E-state index in [0.29, 0.717) is 18.5 Å². The lowest BCUT2D eigenvalue weighted by Gasteiger charge is -2.24. The lowest BCUT2D eigenvalue weighted by atomic mass is 10.1. The maximum absolute atomic E-state index is 13.4. The van der Waals surface area contributed by atoms with Crippen molar-refractivity contribution in [3.05, 3.63) is 29.0 Å². The molecule has 1 heterocycles. The average Bonchev–Trinajstić information content (AvgIpc) is 2.77. The number of aliphatic hydroxyl groups is 1. The smallest absolute Gasteiger partial charge is 0.240 e. The summed E-state index contributed by atoms with van der Waals surface area (Å²) in [6.45, 7) is 5.43. The number of nitrogens with one attached hydrogen (secondary N) is 1. The van der Waals surface area contributed by atoms with Crippen LogP contribution in [0.1, 0.15) is 20.3 Å². The molecule has 0 aliphatic carbocycles. The second-order valence-corrected chi connectivity index (χ2v) is 8.40. The molecule has 0 amide bonds. The number of rotatable bonds is 6. The fourth-order valence-electron chi connectivity index (χ4n) is 2.91. The normalized spacial score (nSPS) is 24.0. The van der Waals surface area contributed by atoms with Crippen LogP contribution in [0.2, 0.25) is 5.02 Å². The van der Waals surface area contributed by atoms with E-state index in [2.05, 4.69) is 23.5 Å². The van der Waals surface area contributed by atoms with Gasteiger partial charge in [-0.2, -0.15) is 0 Å². The molecular formula is C15H22ClFN2O3S. The molecule has 8 heteroatoms. The highest BCUT2D eigenvalue weighted by molar-refractivity contribution is 7.89. The molecular weight excluding hydrogens is 343 g/mol. The molecule has 1 fully saturated rings. The van der Waals surface area contributed by atoms with Crippen LogP contribution in [0.3, 0.4) is 0 Å². The summed E-state index contributed by atoms with van der Waals surface area (Å²) in [5, 5.41) is 9.92. The van der Waals surface area contributed by atoms with Crippen molar-refractivity contribution in [2.75, 3.05) is 19.6 Å². The van der Waals surface area contributed by atoms with Gasteiger partial charge in [-0.1, -0.05) is 18.5 Å². The Morgan fingerprint density at radius 3 is 2.74 bits per heavy atom. The van der Waals surface area contributed by atoms with Crippen molar-refractivity contribution in [3.8, 4) is 0 Å². The highest BCUT2D eigenvalue weighted by atomic mass is 35.5. The number of nitrogens with zero attached hydrogens (tertiary/aromatic N) is 1. The fourth-order valence-corrected chi connectivity index (χ4v) is 4.11. The lowest BCUT2D eigenvalue weighted by Crippen LogP contribution is -2.41. The quantitative estimate of drug-likeness (QED) is 0.808. The van der Waals surface area contributed by atoms with E-state index >= 15 is 0 Å². The molecule has 1 aliphatic rings. The van der Waals surface area contributed by atoms with Gasteiger partial charge in [0.15, 0.2) is 0 Å². The van der Waals surface area contributed by atoms with Gasteiger partial charge in [0.25, 0.3) is 0 Å². The van der Waals surface area contributed by atoms with Crippen molar-refractivity contribution in [1.29, 1.82) is 0 Å². The first-order chi connectivity index (χ1) is 10.7. The molecule has 0 spiro atoms. The van der Waals surface area contributed by atoms with Crippen LogP contribution in [0, 0.1) is 11.7 Å². The molecule has 1 aliphatic heterocycles. The van der Waals surface area contributed by atoms with E-state index in [1.165, 1.54) is 12.1 Å². The third-order valence-corrected chi connectivity index (χ3v) is 5.80. The summed E-state index contributed by atoms with van der Waals surface area (Å²) < 4.78 is 39.9. The van der Waals surface area contributed by atoms with Crippen LogP contribution in [0.15, 0.2) is 23.1 Å². The van der Waals surface area contributed by atoms with Gasteiger partial charge in [-0.3, -0.25) is 4.90 Å². The molecule has 2 N–H and O–H groups in total. The number of sulfonamides is 1. The molecule has 0 bridgehead atoms. The number of hydrogen-bond donors (Lipinski definition) is 2. The zero-order chi connectivity index (χ0) is 17.2. The summed E-state index contributed by atoms with van der Waals surface area (Å²) in [6, 6.07) is 3.66. The lowest BCUT2D eigenvalue weighted by molar-refractivity contribution is 0.111. The number of likely N-dealkylation sites (tertiary alicyclic amines) is 1. The van der Waals surface area contributed by atoms with Crippen LogP contribution < -0.4 is 4.72 Å². The standard InChI is InChI=1S/C15H22ClFN2O3S/c1-10-5-11(2)19(8-10)9-12(20)7-18-23(21,22)13-3-4-14(16)15(17)6-13/h3-4,6,10-12,18,20H,5,7-9H2,1-2H3/t10?,11?,12-/m0/s1. The Bertz CT molecular complexity index is 656. The summed E-state index contributed by atoms with van der Waals surface area (Å²) in [4.78, 5) is 1.93. The van der Waals surface area contributed by atoms with Crippen LogP contribution in [-0.4, -0.2) is 50.2 Å². The van der Waals surface area contributed by atoms with Gasteiger partial charge in [0.1, 0.15) is 5.82 Å². The zero-order valence-corrected chi connectivity index (χ0v) is 14.7. The van der Waals surface area contributed by atoms with Crippen molar-refractivity contribution in [2.45, 2.75) is 37.3 Å². The number of hydrogen-bond acceptors (Lipinski definition) is 4. The van der Waals surface area contributed by atoms with Gasteiger partial charge >= 0.3 is 0 Å². The molecule has 5 nitrogen and oxygen atoms in total. The molecule has 23 heavy (non-hydrogen) atoms. The number of benzene rings is 1. The van der Waals surface area contributed by atoms with Gasteiger partial charge in [0.05, 0.1) is 16.0 Å². The predicted molar refractivity (Wildman–Crippen MR) is 87.4 cm³/mol. The molecule has 2 unspecified atom stereocenters. The highest BCUT2D eigenvalue weighted by Crippen LogP contribution is 2.22. The predicted octanol–water partition coefficient (Wildman–Crippen LogP) is 1.85. The molecule has 2 rings (SSSR count). The van der Waals surface area contributed by atoms with E-state index in [1.807, 2.05) is 0 Å². The molecule has 0 radical (unpaired) electrons. The van der Waals surface area contributed by atoms with Crippen LogP contribution in [0.5, 0.6) is 0 Å². The third kappa shape index (κ3) is 4.87. The second kappa shape index (κ2) is 7.44. The van der Waals surface area contributed by atoms with Gasteiger partial charge in [-0.05, 0) is 37.5 Å². The SMILES string of the molecule is CC1CC(C)N(C[C@@H](O)CNS(=O)(=O)c2ccc(Cl)c(F)c2)C1. The molecule has 0 saturated carbocycles. The van der Waals surface area contributed by atoms with Crippen molar-refractivity contribution in [3.63, 3.8) is 0 Å². The van der Waals surface area contributed by atoms with Crippen LogP contribution in [-0.2, 0) is 10.0 Å². The van der Waals surface area contributed by atoms with Gasteiger partial charge in [0.2, 0.25) is 10.0 Å². The molecule has 1 aromatic rings. The average molecular weight is 365 g/mol. The van der Waals surface area contributed by atoms with Crippen LogP contribution in [0.4, 0.5) is 4.39 Å². The van der Waals surface area contributed by atoms with Crippen LogP contribution >= 0.6 is 11.6 Å². The Morgan fingerprint density at radius 2 is 2.17 bits per heavy atom. The summed E-state index contributed by atoms with van der Waals surface area (Å²) in [5.74, 6) is -0.221. The molecule has 3 atom stereocenters. The van der Waals surface area contributed by atoms with Crippen molar-refractivity contribution >= 4 is 21.6 Å². The third-order valence-electron chi connectivity index (χ3n) is 4.07. The Labute approximate surface area is 141 Å². The summed E-state index contributed by atoms with van der Waals surface area (Å²) in [7, 11) is -3.88. The van der Waals surface area contributed by atoms with E-state index in [1.54, 1.807) is 0 Å². The number of β-amino-alcohol motifs (C(OH)–C–C–N with tert-alkyl or cyclic N) is 1. The maximum atomic E-state index is 13.4. The van der Waals surface area contributed by atoms with E-state index in [0.717, 1.165) is 19.0 Å². The summed E-state index contributed by atoms with van der Waals surface area (Å²) >= 11 is 5.54. The van der Waals surface area contributed by atoms with Gasteiger partial charge in [-0.25, -0.2) is 17.5 Å². The van der Waals surface area contributed by atoms with E-state index in [4.69, 9.17) is 11.6 Å². The van der Waals surface area contributed by atoms with E-state index in [-0.39, 0.29) is 16.5 Å². The van der Waals surface area contributed by atoms with Crippen molar-refractivity contribution < 1.29 is 17.9 Å². The molecule has 0 aromatic heterocycles. The van der Waals surface area contributed by atoms with E-state index in [9.17, 15) is 17.9 Å². The van der Waals surface area contributed by atoms with Gasteiger partial charge < -0.3 is 5.11 Å². The Hall–Kier alpha value is -0.730. The Balaban J connectivity index is 1.92. The minimum atomic E-state index is -3.88. The highest BCUT2D eigenvalue weighted by Gasteiger charge is 2.28. The first-order valence-electron chi connectivity index (χ1n) is 7.56. The van der Waals surface area contributed by atoms with Crippen LogP contribution in [0.25, 0.3) is 0 Å². The minimum absolute atomic E-state index is 0.121. The van der Waals surface area contributed by atoms with Crippen molar-refractivity contribution in [1.82, 2.24) is 9.62 Å². The summed E-state index contributed by atoms with van der Waals surface area (Å²) in [5.41, 5.74) is 0. The molecule has 1 aromatic carbocycles. The molecule has 1 saturated heterocycles. The monoisotopic (exact) mass is 364 g/mol. The first-order valence-corrected chi connectivity index (χ1v) is 9.42. The largest absolute Gasteiger partial charge is 0.390 e. The Kier molecular flexibility index (Phi) is 6.02. The molecule has 130 valence electrons. The zero-order valence-electron chi connectivity index (χ0n) is 13.2.